The molecule has 0 aliphatic rings. The zero-order valence-electron chi connectivity index (χ0n) is 21.0. The number of hydrogen-bond acceptors (Lipinski definition) is 5. The van der Waals surface area contributed by atoms with E-state index in [2.05, 4.69) is 38.1 Å². The number of rotatable bonds is 10. The van der Waals surface area contributed by atoms with E-state index < -0.39 is 0 Å². The van der Waals surface area contributed by atoms with E-state index in [1.165, 1.54) is 11.1 Å². The highest BCUT2D eigenvalue weighted by atomic mass is 16.5. The van der Waals surface area contributed by atoms with E-state index in [-0.39, 0.29) is 0 Å². The molecule has 0 N–H and O–H groups in total. The maximum atomic E-state index is 5.44. The van der Waals surface area contributed by atoms with E-state index >= 15 is 0 Å². The first-order chi connectivity index (χ1) is 17.1. The van der Waals surface area contributed by atoms with E-state index in [9.17, 15) is 0 Å². The Morgan fingerprint density at radius 2 is 1.31 bits per heavy atom. The van der Waals surface area contributed by atoms with Crippen molar-refractivity contribution in [3.8, 4) is 34.3 Å². The zero-order valence-corrected chi connectivity index (χ0v) is 21.0. The molecule has 0 amide bonds. The number of hydrogen-bond donors (Lipinski definition) is 0. The normalized spacial score (nSPS) is 11.8. The fraction of sp³-hybridized carbons (Fsp3) is 0.300. The highest BCUT2D eigenvalue weighted by Gasteiger charge is 2.17. The van der Waals surface area contributed by atoms with Crippen molar-refractivity contribution in [3.63, 3.8) is 0 Å². The SMILES string of the molecule is CCCCC(Cc1nc(-c2cccc(OC)c2)nc(-c2cccc(OC)c2)n1)c1ccc(C)cc1. The summed E-state index contributed by atoms with van der Waals surface area (Å²) in [5.41, 5.74) is 4.40. The maximum Gasteiger partial charge on any atom is 0.163 e. The van der Waals surface area contributed by atoms with Gasteiger partial charge in [-0.05, 0) is 49.1 Å². The smallest absolute Gasteiger partial charge is 0.163 e. The molecular weight excluding hydrogens is 434 g/mol. The summed E-state index contributed by atoms with van der Waals surface area (Å²) < 4.78 is 10.9. The second-order valence-corrected chi connectivity index (χ2v) is 8.82. The van der Waals surface area contributed by atoms with Crippen LogP contribution in [0.25, 0.3) is 22.8 Å². The Labute approximate surface area is 208 Å². The molecule has 4 aromatic rings. The molecule has 1 unspecified atom stereocenters. The van der Waals surface area contributed by atoms with Crippen molar-refractivity contribution in [2.45, 2.75) is 45.4 Å². The predicted octanol–water partition coefficient (Wildman–Crippen LogP) is 7.05. The van der Waals surface area contributed by atoms with Gasteiger partial charge in [-0.1, -0.05) is 73.9 Å². The lowest BCUT2D eigenvalue weighted by molar-refractivity contribution is 0.415. The molecule has 0 saturated carbocycles. The molecule has 4 rings (SSSR count). The predicted molar refractivity (Wildman–Crippen MR) is 141 cm³/mol. The van der Waals surface area contributed by atoms with Crippen molar-refractivity contribution in [1.29, 1.82) is 0 Å². The summed E-state index contributed by atoms with van der Waals surface area (Å²) in [4.78, 5) is 14.7. The Morgan fingerprint density at radius 3 is 1.83 bits per heavy atom. The molecule has 0 aliphatic carbocycles. The molecule has 1 aromatic heterocycles. The van der Waals surface area contributed by atoms with Crippen LogP contribution in [0, 0.1) is 6.92 Å². The second-order valence-electron chi connectivity index (χ2n) is 8.82. The van der Waals surface area contributed by atoms with Crippen LogP contribution < -0.4 is 9.47 Å². The van der Waals surface area contributed by atoms with Crippen molar-refractivity contribution in [1.82, 2.24) is 15.0 Å². The number of unbranched alkanes of at least 4 members (excludes halogenated alkanes) is 1. The van der Waals surface area contributed by atoms with Crippen LogP contribution in [-0.2, 0) is 6.42 Å². The number of ether oxygens (including phenoxy) is 2. The molecule has 3 aromatic carbocycles. The second kappa shape index (κ2) is 11.6. The van der Waals surface area contributed by atoms with E-state index in [1.54, 1.807) is 14.2 Å². The summed E-state index contributed by atoms with van der Waals surface area (Å²) in [6.07, 6.45) is 4.16. The van der Waals surface area contributed by atoms with E-state index in [4.69, 9.17) is 24.4 Å². The molecule has 5 heteroatoms. The minimum absolute atomic E-state index is 0.342. The lowest BCUT2D eigenvalue weighted by atomic mass is 9.90. The van der Waals surface area contributed by atoms with E-state index in [1.807, 2.05) is 48.5 Å². The molecule has 1 heterocycles. The van der Waals surface area contributed by atoms with Crippen LogP contribution in [0.15, 0.2) is 72.8 Å². The maximum absolute atomic E-state index is 5.44. The van der Waals surface area contributed by atoms with Crippen molar-refractivity contribution >= 4 is 0 Å². The molecule has 5 nitrogen and oxygen atoms in total. The Balaban J connectivity index is 1.78. The van der Waals surface area contributed by atoms with Gasteiger partial charge in [-0.3, -0.25) is 0 Å². The van der Waals surface area contributed by atoms with Crippen LogP contribution in [0.5, 0.6) is 11.5 Å². The van der Waals surface area contributed by atoms with Crippen LogP contribution in [0.4, 0.5) is 0 Å². The quantitative estimate of drug-likeness (QED) is 0.250. The number of aryl methyl sites for hydroxylation is 1. The highest BCUT2D eigenvalue weighted by Crippen LogP contribution is 2.29. The first kappa shape index (κ1) is 24.4. The van der Waals surface area contributed by atoms with Crippen LogP contribution in [0.1, 0.15) is 49.1 Å². The standard InChI is InChI=1S/C30H33N3O2/c1-5-6-9-23(22-16-14-21(2)15-17-22)20-28-31-29(24-10-7-12-26(18-24)34-3)33-30(32-28)25-11-8-13-27(19-25)35-4/h7-8,10-19,23H,5-6,9,20H2,1-4H3. The van der Waals surface area contributed by atoms with Gasteiger partial charge in [0.15, 0.2) is 11.6 Å². The molecular formula is C30H33N3O2. The van der Waals surface area contributed by atoms with Gasteiger partial charge in [-0.25, -0.2) is 15.0 Å². The fourth-order valence-corrected chi connectivity index (χ4v) is 4.19. The lowest BCUT2D eigenvalue weighted by Crippen LogP contribution is -2.09. The summed E-state index contributed by atoms with van der Waals surface area (Å²) in [5, 5.41) is 0. The number of nitrogens with zero attached hydrogens (tertiary/aromatic N) is 3. The summed E-state index contributed by atoms with van der Waals surface area (Å²) in [6, 6.07) is 24.5. The average molecular weight is 468 g/mol. The van der Waals surface area contributed by atoms with Gasteiger partial charge in [-0.2, -0.15) is 0 Å². The Morgan fingerprint density at radius 1 is 0.743 bits per heavy atom. The van der Waals surface area contributed by atoms with Gasteiger partial charge in [0.25, 0.3) is 0 Å². The average Bonchev–Trinajstić information content (AvgIpc) is 2.91. The topological polar surface area (TPSA) is 57.1 Å². The molecule has 0 spiro atoms. The van der Waals surface area contributed by atoms with Gasteiger partial charge < -0.3 is 9.47 Å². The van der Waals surface area contributed by atoms with Crippen molar-refractivity contribution in [3.05, 3.63) is 89.7 Å². The van der Waals surface area contributed by atoms with E-state index in [0.29, 0.717) is 17.6 Å². The van der Waals surface area contributed by atoms with Crippen LogP contribution >= 0.6 is 0 Å². The molecule has 0 aliphatic heterocycles. The van der Waals surface area contributed by atoms with Gasteiger partial charge in [0.05, 0.1) is 14.2 Å². The highest BCUT2D eigenvalue weighted by molar-refractivity contribution is 5.63. The molecule has 180 valence electrons. The minimum Gasteiger partial charge on any atom is -0.497 e. The summed E-state index contributed by atoms with van der Waals surface area (Å²) in [5.74, 6) is 3.96. The third-order valence-electron chi connectivity index (χ3n) is 6.22. The number of benzene rings is 3. The Hall–Kier alpha value is -3.73. The van der Waals surface area contributed by atoms with Crippen molar-refractivity contribution in [2.75, 3.05) is 14.2 Å². The zero-order chi connectivity index (χ0) is 24.6. The van der Waals surface area contributed by atoms with Gasteiger partial charge in [0.2, 0.25) is 0 Å². The van der Waals surface area contributed by atoms with Crippen LogP contribution in [0.3, 0.4) is 0 Å². The fourth-order valence-electron chi connectivity index (χ4n) is 4.19. The van der Waals surface area contributed by atoms with Gasteiger partial charge in [0, 0.05) is 17.5 Å². The minimum atomic E-state index is 0.342. The Kier molecular flexibility index (Phi) is 8.09. The van der Waals surface area contributed by atoms with Crippen molar-refractivity contribution in [2.24, 2.45) is 0 Å². The van der Waals surface area contributed by atoms with Gasteiger partial charge in [0.1, 0.15) is 17.3 Å². The first-order valence-corrected chi connectivity index (χ1v) is 12.2. The van der Waals surface area contributed by atoms with Crippen LogP contribution in [0.2, 0.25) is 0 Å². The van der Waals surface area contributed by atoms with Crippen molar-refractivity contribution < 1.29 is 9.47 Å². The monoisotopic (exact) mass is 467 g/mol. The largest absolute Gasteiger partial charge is 0.497 e. The van der Waals surface area contributed by atoms with E-state index in [0.717, 1.165) is 54.1 Å². The third kappa shape index (κ3) is 6.24. The van der Waals surface area contributed by atoms with Gasteiger partial charge >= 0.3 is 0 Å². The first-order valence-electron chi connectivity index (χ1n) is 12.2. The lowest BCUT2D eigenvalue weighted by Gasteiger charge is -2.18. The summed E-state index contributed by atoms with van der Waals surface area (Å²) >= 11 is 0. The summed E-state index contributed by atoms with van der Waals surface area (Å²) in [7, 11) is 3.33. The molecule has 0 saturated heterocycles. The molecule has 0 bridgehead atoms. The molecule has 35 heavy (non-hydrogen) atoms. The number of aromatic nitrogens is 3. The Bertz CT molecular complexity index is 1190. The van der Waals surface area contributed by atoms with Gasteiger partial charge in [-0.15, -0.1) is 0 Å². The molecule has 1 atom stereocenters. The molecule has 0 fully saturated rings. The number of methoxy groups -OCH3 is 2. The molecule has 0 radical (unpaired) electrons. The summed E-state index contributed by atoms with van der Waals surface area (Å²) in [6.45, 7) is 4.36. The third-order valence-corrected chi connectivity index (χ3v) is 6.22. The van der Waals surface area contributed by atoms with Crippen LogP contribution in [-0.4, -0.2) is 29.2 Å².